The first-order valence-electron chi connectivity index (χ1n) is 7.50. The van der Waals surface area contributed by atoms with Gasteiger partial charge in [0.15, 0.2) is 0 Å². The number of amides is 1. The van der Waals surface area contributed by atoms with E-state index >= 15 is 0 Å². The number of aryl methyl sites for hydroxylation is 1. The zero-order chi connectivity index (χ0) is 15.5. The highest BCUT2D eigenvalue weighted by atomic mass is 79.9. The molecule has 1 aromatic heterocycles. The maximum atomic E-state index is 12.5. The standard InChI is InChI=1S/C16H19BrN4O/c1-2-19-8-7-18-16(19)21-11-9-20(10-12-21)15(22)13-3-5-14(17)6-4-13/h3-8H,2,9-12H2,1H3. The van der Waals surface area contributed by atoms with Crippen molar-refractivity contribution in [2.75, 3.05) is 31.1 Å². The van der Waals surface area contributed by atoms with Gasteiger partial charge in [-0.15, -0.1) is 0 Å². The number of hydrogen-bond donors (Lipinski definition) is 0. The first kappa shape index (κ1) is 15.1. The minimum Gasteiger partial charge on any atom is -0.339 e. The summed E-state index contributed by atoms with van der Waals surface area (Å²) >= 11 is 3.39. The van der Waals surface area contributed by atoms with Crippen LogP contribution in [0.2, 0.25) is 0 Å². The number of imidazole rings is 1. The number of benzene rings is 1. The van der Waals surface area contributed by atoms with Gasteiger partial charge in [-0.2, -0.15) is 0 Å². The molecule has 0 radical (unpaired) electrons. The minimum atomic E-state index is 0.103. The van der Waals surface area contributed by atoms with Crippen LogP contribution in [-0.2, 0) is 6.54 Å². The van der Waals surface area contributed by atoms with Gasteiger partial charge in [0.05, 0.1) is 0 Å². The van der Waals surface area contributed by atoms with Crippen molar-refractivity contribution in [3.8, 4) is 0 Å². The summed E-state index contributed by atoms with van der Waals surface area (Å²) in [4.78, 5) is 21.1. The molecular formula is C16H19BrN4O. The van der Waals surface area contributed by atoms with E-state index < -0.39 is 0 Å². The van der Waals surface area contributed by atoms with Crippen molar-refractivity contribution in [2.45, 2.75) is 13.5 Å². The summed E-state index contributed by atoms with van der Waals surface area (Å²) in [5, 5.41) is 0. The molecule has 2 heterocycles. The van der Waals surface area contributed by atoms with Gasteiger partial charge in [0.2, 0.25) is 5.95 Å². The monoisotopic (exact) mass is 362 g/mol. The Morgan fingerprint density at radius 2 is 1.86 bits per heavy atom. The molecule has 1 aliphatic heterocycles. The van der Waals surface area contributed by atoms with Crippen LogP contribution in [0.25, 0.3) is 0 Å². The largest absolute Gasteiger partial charge is 0.339 e. The summed E-state index contributed by atoms with van der Waals surface area (Å²) in [5.41, 5.74) is 0.742. The van der Waals surface area contributed by atoms with Crippen molar-refractivity contribution in [2.24, 2.45) is 0 Å². The predicted octanol–water partition coefficient (Wildman–Crippen LogP) is 2.63. The van der Waals surface area contributed by atoms with Crippen LogP contribution in [0.1, 0.15) is 17.3 Å². The summed E-state index contributed by atoms with van der Waals surface area (Å²) in [5.74, 6) is 1.10. The molecule has 0 saturated carbocycles. The topological polar surface area (TPSA) is 41.4 Å². The van der Waals surface area contributed by atoms with Crippen LogP contribution < -0.4 is 4.90 Å². The highest BCUT2D eigenvalue weighted by molar-refractivity contribution is 9.10. The van der Waals surface area contributed by atoms with Crippen molar-refractivity contribution in [1.82, 2.24) is 14.5 Å². The fourth-order valence-corrected chi connectivity index (χ4v) is 2.98. The number of anilines is 1. The van der Waals surface area contributed by atoms with E-state index in [1.807, 2.05) is 41.6 Å². The number of nitrogens with zero attached hydrogens (tertiary/aromatic N) is 4. The van der Waals surface area contributed by atoms with Gasteiger partial charge in [-0.1, -0.05) is 15.9 Å². The van der Waals surface area contributed by atoms with Crippen LogP contribution in [0.15, 0.2) is 41.1 Å². The van der Waals surface area contributed by atoms with Gasteiger partial charge in [-0.05, 0) is 31.2 Å². The Bertz CT molecular complexity index is 644. The number of halogens is 1. The molecule has 0 atom stereocenters. The van der Waals surface area contributed by atoms with Crippen molar-refractivity contribution < 1.29 is 4.79 Å². The van der Waals surface area contributed by atoms with E-state index in [0.717, 1.165) is 48.7 Å². The SMILES string of the molecule is CCn1ccnc1N1CCN(C(=O)c2ccc(Br)cc2)CC1. The normalized spacial score (nSPS) is 15.2. The molecule has 5 nitrogen and oxygen atoms in total. The summed E-state index contributed by atoms with van der Waals surface area (Å²) in [7, 11) is 0. The number of piperazine rings is 1. The van der Waals surface area contributed by atoms with Crippen molar-refractivity contribution in [3.05, 3.63) is 46.7 Å². The van der Waals surface area contributed by atoms with Crippen molar-refractivity contribution in [3.63, 3.8) is 0 Å². The van der Waals surface area contributed by atoms with Crippen molar-refractivity contribution in [1.29, 1.82) is 0 Å². The third-order valence-corrected chi connectivity index (χ3v) is 4.50. The molecule has 1 aromatic carbocycles. The molecular weight excluding hydrogens is 344 g/mol. The summed E-state index contributed by atoms with van der Waals surface area (Å²) in [6.07, 6.45) is 3.83. The van der Waals surface area contributed by atoms with Gasteiger partial charge in [-0.25, -0.2) is 4.98 Å². The highest BCUT2D eigenvalue weighted by Gasteiger charge is 2.23. The first-order valence-corrected chi connectivity index (χ1v) is 8.29. The van der Waals surface area contributed by atoms with Crippen LogP contribution in [0.4, 0.5) is 5.95 Å². The lowest BCUT2D eigenvalue weighted by atomic mass is 10.2. The number of hydrogen-bond acceptors (Lipinski definition) is 3. The summed E-state index contributed by atoms with van der Waals surface area (Å²) in [6, 6.07) is 7.54. The lowest BCUT2D eigenvalue weighted by molar-refractivity contribution is 0.0746. The van der Waals surface area contributed by atoms with Crippen LogP contribution in [0, 0.1) is 0 Å². The van der Waals surface area contributed by atoms with Gasteiger partial charge in [0.25, 0.3) is 5.91 Å². The number of carbonyl (C=O) groups is 1. The highest BCUT2D eigenvalue weighted by Crippen LogP contribution is 2.17. The maximum Gasteiger partial charge on any atom is 0.253 e. The van der Waals surface area contributed by atoms with Gasteiger partial charge in [-0.3, -0.25) is 4.79 Å². The van der Waals surface area contributed by atoms with E-state index in [2.05, 4.69) is 37.3 Å². The van der Waals surface area contributed by atoms with Gasteiger partial charge >= 0.3 is 0 Å². The predicted molar refractivity (Wildman–Crippen MR) is 90.2 cm³/mol. The molecule has 1 aliphatic rings. The number of rotatable bonds is 3. The fraction of sp³-hybridized carbons (Fsp3) is 0.375. The second-order valence-electron chi connectivity index (χ2n) is 5.30. The Labute approximate surface area is 138 Å². The molecule has 0 unspecified atom stereocenters. The molecule has 0 aliphatic carbocycles. The van der Waals surface area contributed by atoms with E-state index in [-0.39, 0.29) is 5.91 Å². The lowest BCUT2D eigenvalue weighted by Gasteiger charge is -2.35. The first-order chi connectivity index (χ1) is 10.7. The Morgan fingerprint density at radius 3 is 2.50 bits per heavy atom. The summed E-state index contributed by atoms with van der Waals surface area (Å²) < 4.78 is 3.12. The molecule has 1 saturated heterocycles. The molecule has 0 N–H and O–H groups in total. The molecule has 3 rings (SSSR count). The van der Waals surface area contributed by atoms with Crippen LogP contribution in [0.5, 0.6) is 0 Å². The maximum absolute atomic E-state index is 12.5. The Hall–Kier alpha value is -1.82. The van der Waals surface area contributed by atoms with E-state index in [0.29, 0.717) is 0 Å². The molecule has 2 aromatic rings. The molecule has 0 bridgehead atoms. The zero-order valence-corrected chi connectivity index (χ0v) is 14.2. The second-order valence-corrected chi connectivity index (χ2v) is 6.22. The second kappa shape index (κ2) is 6.52. The van der Waals surface area contributed by atoms with E-state index in [1.165, 1.54) is 0 Å². The van der Waals surface area contributed by atoms with E-state index in [1.54, 1.807) is 0 Å². The van der Waals surface area contributed by atoms with E-state index in [9.17, 15) is 4.79 Å². The third kappa shape index (κ3) is 3.02. The fourth-order valence-electron chi connectivity index (χ4n) is 2.72. The molecule has 116 valence electrons. The van der Waals surface area contributed by atoms with Gasteiger partial charge in [0.1, 0.15) is 0 Å². The Balaban J connectivity index is 1.64. The average Bonchev–Trinajstić information content (AvgIpc) is 3.04. The smallest absolute Gasteiger partial charge is 0.253 e. The third-order valence-electron chi connectivity index (χ3n) is 3.98. The van der Waals surface area contributed by atoms with Gasteiger partial charge in [0, 0.05) is 55.2 Å². The average molecular weight is 363 g/mol. The van der Waals surface area contributed by atoms with Crippen LogP contribution in [-0.4, -0.2) is 46.5 Å². The number of aromatic nitrogens is 2. The van der Waals surface area contributed by atoms with Crippen LogP contribution >= 0.6 is 15.9 Å². The molecule has 6 heteroatoms. The molecule has 0 spiro atoms. The number of carbonyl (C=O) groups excluding carboxylic acids is 1. The minimum absolute atomic E-state index is 0.103. The molecule has 1 amide bonds. The summed E-state index contributed by atoms with van der Waals surface area (Å²) in [6.45, 7) is 6.11. The Kier molecular flexibility index (Phi) is 4.47. The van der Waals surface area contributed by atoms with Crippen LogP contribution in [0.3, 0.4) is 0 Å². The molecule has 22 heavy (non-hydrogen) atoms. The van der Waals surface area contributed by atoms with Crippen molar-refractivity contribution >= 4 is 27.8 Å². The zero-order valence-electron chi connectivity index (χ0n) is 12.6. The van der Waals surface area contributed by atoms with E-state index in [4.69, 9.17) is 0 Å². The van der Waals surface area contributed by atoms with Gasteiger partial charge < -0.3 is 14.4 Å². The Morgan fingerprint density at radius 1 is 1.18 bits per heavy atom. The quantitative estimate of drug-likeness (QED) is 0.842. The lowest BCUT2D eigenvalue weighted by Crippen LogP contribution is -2.49. The molecule has 1 fully saturated rings.